The number of nitrogens with zero attached hydrogens (tertiary/aromatic N) is 2. The minimum atomic E-state index is -3.27. The Labute approximate surface area is 308 Å². The van der Waals surface area contributed by atoms with Crippen LogP contribution in [0.1, 0.15) is 56.3 Å². The van der Waals surface area contributed by atoms with E-state index in [1.165, 1.54) is 17.4 Å². The molecule has 3 aromatic carbocycles. The first-order valence-electron chi connectivity index (χ1n) is 18.1. The largest absolute Gasteiger partial charge is 0.478 e. The number of alkyl halides is 3. The van der Waals surface area contributed by atoms with E-state index in [1.54, 1.807) is 4.90 Å². The van der Waals surface area contributed by atoms with Gasteiger partial charge >= 0.3 is 0 Å². The molecule has 5 nitrogen and oxygen atoms in total. The van der Waals surface area contributed by atoms with Crippen molar-refractivity contribution in [3.8, 4) is 5.06 Å². The molecule has 1 fully saturated rings. The molecule has 0 radical (unpaired) electrons. The topological polar surface area (TPSA) is 40.7 Å². The molecule has 4 heterocycles. The van der Waals surface area contributed by atoms with Crippen molar-refractivity contribution in [1.29, 1.82) is 0 Å². The predicted molar refractivity (Wildman–Crippen MR) is 204 cm³/mol. The maximum Gasteiger partial charge on any atom is 0.282 e. The van der Waals surface area contributed by atoms with Gasteiger partial charge in [0.25, 0.3) is 14.2 Å². The van der Waals surface area contributed by atoms with Crippen molar-refractivity contribution < 1.29 is 26.7 Å². The summed E-state index contributed by atoms with van der Waals surface area (Å²) < 4.78 is 75.2. The number of hydrogen-bond donors (Lipinski definition) is 1. The first-order valence-corrected chi connectivity index (χ1v) is 20.8. The summed E-state index contributed by atoms with van der Waals surface area (Å²) >= 11 is 1.18. The van der Waals surface area contributed by atoms with E-state index in [0.29, 0.717) is 42.4 Å². The van der Waals surface area contributed by atoms with Crippen LogP contribution in [0.5, 0.6) is 5.06 Å². The number of aromatic amines is 1. The van der Waals surface area contributed by atoms with Gasteiger partial charge in [-0.3, -0.25) is 14.2 Å². The second-order valence-electron chi connectivity index (χ2n) is 15.3. The highest BCUT2D eigenvalue weighted by atomic mass is 32.1. The number of fused-ring (bicyclic) bond motifs is 3. The third kappa shape index (κ3) is 7.10. The Bertz CT molecular complexity index is 1920. The molecule has 11 heteroatoms. The van der Waals surface area contributed by atoms with Gasteiger partial charge in [-0.25, -0.2) is 13.2 Å². The Balaban J connectivity index is 1.21. The Kier molecular flexibility index (Phi) is 10.4. The van der Waals surface area contributed by atoms with Gasteiger partial charge in [0.05, 0.1) is 30.7 Å². The van der Waals surface area contributed by atoms with E-state index < -0.39 is 44.3 Å². The van der Waals surface area contributed by atoms with Crippen molar-refractivity contribution in [3.63, 3.8) is 0 Å². The fourth-order valence-corrected chi connectivity index (χ4v) is 13.8. The highest BCUT2D eigenvalue weighted by molar-refractivity contribution is 7.14. The summed E-state index contributed by atoms with van der Waals surface area (Å²) in [5, 5.41) is 2.84. The first-order chi connectivity index (χ1) is 24.9. The zero-order valence-corrected chi connectivity index (χ0v) is 32.0. The van der Waals surface area contributed by atoms with E-state index in [-0.39, 0.29) is 18.8 Å². The van der Waals surface area contributed by atoms with Crippen molar-refractivity contribution in [2.45, 2.75) is 69.7 Å². The van der Waals surface area contributed by atoms with Crippen LogP contribution in [0, 0.1) is 5.82 Å². The lowest BCUT2D eigenvalue weighted by Gasteiger charge is -2.45. The molecule has 0 unspecified atom stereocenters. The number of thiophene rings is 1. The van der Waals surface area contributed by atoms with E-state index in [1.807, 2.05) is 91.9 Å². The van der Waals surface area contributed by atoms with Crippen molar-refractivity contribution in [3.05, 3.63) is 113 Å². The number of H-pyrrole nitrogens is 1. The molecule has 5 aromatic rings. The third-order valence-electron chi connectivity index (χ3n) is 10.6. The van der Waals surface area contributed by atoms with Gasteiger partial charge in [0.1, 0.15) is 11.9 Å². The Morgan fingerprint density at radius 2 is 1.56 bits per heavy atom. The van der Waals surface area contributed by atoms with Gasteiger partial charge in [-0.1, -0.05) is 111 Å². The number of likely N-dealkylation sites (tertiary alicyclic amines) is 1. The van der Waals surface area contributed by atoms with E-state index in [4.69, 9.17) is 9.16 Å². The van der Waals surface area contributed by atoms with Gasteiger partial charge in [0.15, 0.2) is 5.06 Å². The molecule has 1 N–H and O–H groups in total. The average Bonchev–Trinajstić information content (AvgIpc) is 3.65. The van der Waals surface area contributed by atoms with Crippen LogP contribution in [0.4, 0.5) is 17.6 Å². The first kappa shape index (κ1) is 36.9. The molecular formula is C41H47F4N3O2SSi. The second kappa shape index (κ2) is 14.7. The maximum absolute atomic E-state index is 16.8. The maximum atomic E-state index is 16.8. The minimum absolute atomic E-state index is 0.126. The molecule has 1 saturated heterocycles. The number of rotatable bonds is 13. The second-order valence-corrected chi connectivity index (χ2v) is 20.7. The van der Waals surface area contributed by atoms with Crippen molar-refractivity contribution in [1.82, 2.24) is 14.8 Å². The molecule has 0 amide bonds. The Morgan fingerprint density at radius 3 is 2.19 bits per heavy atom. The van der Waals surface area contributed by atoms with Crippen LogP contribution in [-0.4, -0.2) is 80.6 Å². The molecular weight excluding hydrogens is 703 g/mol. The Hall–Kier alpha value is -3.48. The van der Waals surface area contributed by atoms with Gasteiger partial charge in [0.2, 0.25) is 0 Å². The fraction of sp³-hybridized carbons (Fsp3) is 0.415. The van der Waals surface area contributed by atoms with Crippen LogP contribution < -0.4 is 15.1 Å². The molecule has 2 aromatic heterocycles. The lowest BCUT2D eigenvalue weighted by atomic mass is 9.91. The molecule has 0 aliphatic carbocycles. The normalized spacial score (nSPS) is 19.2. The molecule has 0 spiro atoms. The summed E-state index contributed by atoms with van der Waals surface area (Å²) in [4.78, 5) is 7.68. The van der Waals surface area contributed by atoms with Crippen LogP contribution in [0.25, 0.3) is 10.9 Å². The summed E-state index contributed by atoms with van der Waals surface area (Å²) in [6.07, 6.45) is 0.883. The van der Waals surface area contributed by atoms with E-state index >= 15 is 13.2 Å². The van der Waals surface area contributed by atoms with Gasteiger partial charge in [-0.05, 0) is 46.8 Å². The van der Waals surface area contributed by atoms with Crippen molar-refractivity contribution >= 4 is 40.9 Å². The monoisotopic (exact) mass is 749 g/mol. The van der Waals surface area contributed by atoms with Gasteiger partial charge in [-0.2, -0.15) is 0 Å². The van der Waals surface area contributed by atoms with Crippen LogP contribution in [0.15, 0.2) is 91.0 Å². The van der Waals surface area contributed by atoms with Gasteiger partial charge in [0, 0.05) is 48.3 Å². The number of ether oxygens (including phenoxy) is 1. The summed E-state index contributed by atoms with van der Waals surface area (Å²) in [6, 6.07) is 27.8. The number of hydrogen-bond acceptors (Lipinski definition) is 5. The minimum Gasteiger partial charge on any atom is -0.478 e. The number of aromatic nitrogens is 1. The highest BCUT2D eigenvalue weighted by Gasteiger charge is 2.52. The standard InChI is InChI=1S/C41H47F4N3O2SSi/c1-28-22-33-32-18-11-12-19-35(32)46-37(33)38(39-34(43)23-36(51-39)50-29-24-47(25-29)21-13-20-42)48(28)26-41(44,45)27-49-52(40(2,3)4,30-14-7-5-8-15-30)31-16-9-6-10-17-31/h5-12,14-19,23,28-29,38,46H,13,20-22,24-27H2,1-4H3/t28-,38+/m1/s1. The number of halogens is 4. The van der Waals surface area contributed by atoms with E-state index in [2.05, 4.69) is 30.7 Å². The quantitative estimate of drug-likeness (QED) is 0.0972. The molecule has 0 saturated carbocycles. The molecule has 0 bridgehead atoms. The smallest absolute Gasteiger partial charge is 0.282 e. The SMILES string of the molecule is C[C@@H]1Cc2c([nH]c3ccccc23)[C@@H](c2sc(OC3CN(CCCF)C3)cc2F)N1CC(F)(F)CO[Si](c1ccccc1)(c1ccccc1)C(C)(C)C. The lowest BCUT2D eigenvalue weighted by molar-refractivity contribution is -0.0820. The number of nitrogens with one attached hydrogen (secondary N) is 1. The third-order valence-corrected chi connectivity index (χ3v) is 16.6. The summed E-state index contributed by atoms with van der Waals surface area (Å²) in [7, 11) is -3.24. The zero-order valence-electron chi connectivity index (χ0n) is 30.2. The van der Waals surface area contributed by atoms with E-state index in [9.17, 15) is 4.39 Å². The van der Waals surface area contributed by atoms with Crippen LogP contribution in [0.2, 0.25) is 5.04 Å². The van der Waals surface area contributed by atoms with Crippen molar-refractivity contribution in [2.75, 3.05) is 39.5 Å². The average molecular weight is 750 g/mol. The lowest BCUT2D eigenvalue weighted by Crippen LogP contribution is -2.67. The van der Waals surface area contributed by atoms with Gasteiger partial charge in [-0.15, -0.1) is 0 Å². The fourth-order valence-electron chi connectivity index (χ4n) is 8.16. The summed E-state index contributed by atoms with van der Waals surface area (Å²) in [5.41, 5.74) is 2.65. The molecule has 276 valence electrons. The van der Waals surface area contributed by atoms with E-state index in [0.717, 1.165) is 32.5 Å². The summed E-state index contributed by atoms with van der Waals surface area (Å²) in [5.74, 6) is -3.75. The highest BCUT2D eigenvalue weighted by Crippen LogP contribution is 2.47. The molecule has 2 aliphatic heterocycles. The zero-order chi connectivity index (χ0) is 36.7. The molecule has 2 aliphatic rings. The van der Waals surface area contributed by atoms with Gasteiger partial charge < -0.3 is 14.1 Å². The molecule has 2 atom stereocenters. The summed E-state index contributed by atoms with van der Waals surface area (Å²) in [6.45, 7) is 8.34. The predicted octanol–water partition coefficient (Wildman–Crippen LogP) is 8.34. The van der Waals surface area contributed by atoms with Crippen LogP contribution >= 0.6 is 11.3 Å². The number of para-hydroxylation sites is 1. The molecule has 7 rings (SSSR count). The van der Waals surface area contributed by atoms with Crippen molar-refractivity contribution in [2.24, 2.45) is 0 Å². The molecule has 52 heavy (non-hydrogen) atoms. The number of benzene rings is 3. The van der Waals surface area contributed by atoms with Crippen LogP contribution in [0.3, 0.4) is 0 Å². The van der Waals surface area contributed by atoms with Crippen LogP contribution in [-0.2, 0) is 10.8 Å². The Morgan fingerprint density at radius 1 is 0.923 bits per heavy atom.